The van der Waals surface area contributed by atoms with Gasteiger partial charge in [-0.2, -0.15) is 0 Å². The average Bonchev–Trinajstić information content (AvgIpc) is 3.02. The molecule has 1 aromatic heterocycles. The van der Waals surface area contributed by atoms with Crippen LogP contribution in [0.3, 0.4) is 0 Å². The van der Waals surface area contributed by atoms with Crippen molar-refractivity contribution in [3.8, 4) is 5.75 Å². The third kappa shape index (κ3) is 3.54. The number of rotatable bonds is 5. The second-order valence-electron chi connectivity index (χ2n) is 6.12. The first kappa shape index (κ1) is 16.0. The van der Waals surface area contributed by atoms with Gasteiger partial charge in [-0.3, -0.25) is 4.98 Å². The summed E-state index contributed by atoms with van der Waals surface area (Å²) in [6.45, 7) is 5.80. The molecule has 122 valence electrons. The SMILES string of the molecule is COc1c(C)cc(CN[C@H]2CCO[C@@H]2c2cccnc2)cc1C. The fraction of sp³-hybridized carbons (Fsp3) is 0.421. The Kier molecular flexibility index (Phi) is 4.94. The van der Waals surface area contributed by atoms with Crippen LogP contribution in [0.4, 0.5) is 0 Å². The van der Waals surface area contributed by atoms with Gasteiger partial charge in [0, 0.05) is 37.2 Å². The molecule has 0 amide bonds. The summed E-state index contributed by atoms with van der Waals surface area (Å²) in [6.07, 6.45) is 4.80. The fourth-order valence-electron chi connectivity index (χ4n) is 3.38. The maximum absolute atomic E-state index is 5.90. The van der Waals surface area contributed by atoms with E-state index in [2.05, 4.69) is 42.3 Å². The third-order valence-corrected chi connectivity index (χ3v) is 4.40. The lowest BCUT2D eigenvalue weighted by Crippen LogP contribution is -2.31. The van der Waals surface area contributed by atoms with Crippen LogP contribution < -0.4 is 10.1 Å². The molecule has 1 saturated heterocycles. The maximum Gasteiger partial charge on any atom is 0.124 e. The first-order valence-corrected chi connectivity index (χ1v) is 8.08. The largest absolute Gasteiger partial charge is 0.496 e. The summed E-state index contributed by atoms with van der Waals surface area (Å²) < 4.78 is 11.3. The number of aromatic nitrogens is 1. The summed E-state index contributed by atoms with van der Waals surface area (Å²) >= 11 is 0. The van der Waals surface area contributed by atoms with Crippen LogP contribution in [0.1, 0.15) is 34.8 Å². The number of ether oxygens (including phenoxy) is 2. The molecule has 0 radical (unpaired) electrons. The molecule has 1 N–H and O–H groups in total. The molecule has 4 heteroatoms. The minimum absolute atomic E-state index is 0.0872. The van der Waals surface area contributed by atoms with E-state index in [4.69, 9.17) is 9.47 Å². The smallest absolute Gasteiger partial charge is 0.124 e. The monoisotopic (exact) mass is 312 g/mol. The molecule has 1 aromatic carbocycles. The van der Waals surface area contributed by atoms with Crippen LogP contribution in [0, 0.1) is 13.8 Å². The van der Waals surface area contributed by atoms with Crippen molar-refractivity contribution in [3.05, 3.63) is 58.9 Å². The van der Waals surface area contributed by atoms with E-state index < -0.39 is 0 Å². The van der Waals surface area contributed by atoms with E-state index in [0.717, 1.165) is 30.9 Å². The summed E-state index contributed by atoms with van der Waals surface area (Å²) in [5, 5.41) is 3.64. The fourth-order valence-corrected chi connectivity index (χ4v) is 3.38. The Balaban J connectivity index is 1.68. The number of benzene rings is 1. The first-order valence-electron chi connectivity index (χ1n) is 8.08. The predicted octanol–water partition coefficient (Wildman–Crippen LogP) is 3.33. The van der Waals surface area contributed by atoms with Crippen molar-refractivity contribution >= 4 is 0 Å². The number of methoxy groups -OCH3 is 1. The van der Waals surface area contributed by atoms with Gasteiger partial charge in [0.1, 0.15) is 5.75 Å². The van der Waals surface area contributed by atoms with Gasteiger partial charge >= 0.3 is 0 Å². The first-order chi connectivity index (χ1) is 11.2. The summed E-state index contributed by atoms with van der Waals surface area (Å²) in [7, 11) is 1.72. The van der Waals surface area contributed by atoms with E-state index in [9.17, 15) is 0 Å². The normalized spacial score (nSPS) is 20.7. The van der Waals surface area contributed by atoms with Crippen molar-refractivity contribution in [1.29, 1.82) is 0 Å². The molecule has 4 nitrogen and oxygen atoms in total. The Labute approximate surface area is 137 Å². The zero-order chi connectivity index (χ0) is 16.2. The van der Waals surface area contributed by atoms with Gasteiger partial charge in [-0.25, -0.2) is 0 Å². The quantitative estimate of drug-likeness (QED) is 0.920. The maximum atomic E-state index is 5.90. The van der Waals surface area contributed by atoms with E-state index in [1.807, 2.05) is 12.3 Å². The number of nitrogens with zero attached hydrogens (tertiary/aromatic N) is 1. The lowest BCUT2D eigenvalue weighted by Gasteiger charge is -2.20. The van der Waals surface area contributed by atoms with Crippen LogP contribution in [-0.2, 0) is 11.3 Å². The Morgan fingerprint density at radius 2 is 2.09 bits per heavy atom. The Bertz CT molecular complexity index is 635. The highest BCUT2D eigenvalue weighted by molar-refractivity contribution is 5.43. The van der Waals surface area contributed by atoms with Crippen LogP contribution >= 0.6 is 0 Å². The lowest BCUT2D eigenvalue weighted by atomic mass is 10.0. The van der Waals surface area contributed by atoms with Crippen molar-refractivity contribution in [2.24, 2.45) is 0 Å². The van der Waals surface area contributed by atoms with E-state index >= 15 is 0 Å². The number of nitrogens with one attached hydrogen (secondary N) is 1. The van der Waals surface area contributed by atoms with Gasteiger partial charge < -0.3 is 14.8 Å². The second-order valence-corrected chi connectivity index (χ2v) is 6.12. The van der Waals surface area contributed by atoms with Gasteiger partial charge in [0.05, 0.1) is 13.2 Å². The lowest BCUT2D eigenvalue weighted by molar-refractivity contribution is 0.0982. The molecule has 0 spiro atoms. The van der Waals surface area contributed by atoms with Crippen LogP contribution in [-0.4, -0.2) is 24.7 Å². The highest BCUT2D eigenvalue weighted by Crippen LogP contribution is 2.29. The van der Waals surface area contributed by atoms with Gasteiger partial charge in [-0.1, -0.05) is 18.2 Å². The van der Waals surface area contributed by atoms with Crippen LogP contribution in [0.25, 0.3) is 0 Å². The van der Waals surface area contributed by atoms with Crippen LogP contribution in [0.5, 0.6) is 5.75 Å². The van der Waals surface area contributed by atoms with Crippen molar-refractivity contribution in [2.45, 2.75) is 39.0 Å². The summed E-state index contributed by atoms with van der Waals surface area (Å²) in [6, 6.07) is 8.74. The van der Waals surface area contributed by atoms with Gasteiger partial charge in [-0.05, 0) is 43.0 Å². The summed E-state index contributed by atoms with van der Waals surface area (Å²) in [5.41, 5.74) is 4.77. The molecule has 1 aliphatic heterocycles. The molecule has 2 atom stereocenters. The third-order valence-electron chi connectivity index (χ3n) is 4.40. The van der Waals surface area contributed by atoms with Crippen molar-refractivity contribution < 1.29 is 9.47 Å². The molecular formula is C19H24N2O2. The van der Waals surface area contributed by atoms with Gasteiger partial charge in [0.2, 0.25) is 0 Å². The number of hydrogen-bond acceptors (Lipinski definition) is 4. The topological polar surface area (TPSA) is 43.4 Å². The van der Waals surface area contributed by atoms with Crippen LogP contribution in [0.15, 0.2) is 36.7 Å². The second kappa shape index (κ2) is 7.11. The summed E-state index contributed by atoms with van der Waals surface area (Å²) in [5.74, 6) is 0.978. The minimum atomic E-state index is 0.0872. The number of pyridine rings is 1. The van der Waals surface area contributed by atoms with E-state index in [1.165, 1.54) is 16.7 Å². The molecule has 1 aliphatic rings. The molecule has 3 rings (SSSR count). The highest BCUT2D eigenvalue weighted by Gasteiger charge is 2.29. The van der Waals surface area contributed by atoms with Gasteiger partial charge in [-0.15, -0.1) is 0 Å². The zero-order valence-electron chi connectivity index (χ0n) is 14.0. The van der Waals surface area contributed by atoms with Crippen LogP contribution in [0.2, 0.25) is 0 Å². The molecule has 0 aliphatic carbocycles. The zero-order valence-corrected chi connectivity index (χ0v) is 14.0. The molecular weight excluding hydrogens is 288 g/mol. The van der Waals surface area contributed by atoms with Gasteiger partial charge in [0.25, 0.3) is 0 Å². The van der Waals surface area contributed by atoms with Crippen molar-refractivity contribution in [1.82, 2.24) is 10.3 Å². The molecule has 2 heterocycles. The predicted molar refractivity (Wildman–Crippen MR) is 90.6 cm³/mol. The number of hydrogen-bond donors (Lipinski definition) is 1. The molecule has 1 fully saturated rings. The molecule has 0 bridgehead atoms. The Morgan fingerprint density at radius 1 is 1.30 bits per heavy atom. The average molecular weight is 312 g/mol. The molecule has 0 saturated carbocycles. The van der Waals surface area contributed by atoms with Crippen molar-refractivity contribution in [3.63, 3.8) is 0 Å². The molecule has 0 unspecified atom stereocenters. The van der Waals surface area contributed by atoms with E-state index in [-0.39, 0.29) is 6.10 Å². The Morgan fingerprint density at radius 3 is 2.74 bits per heavy atom. The molecule has 2 aromatic rings. The highest BCUT2D eigenvalue weighted by atomic mass is 16.5. The minimum Gasteiger partial charge on any atom is -0.496 e. The van der Waals surface area contributed by atoms with Crippen molar-refractivity contribution in [2.75, 3.05) is 13.7 Å². The summed E-state index contributed by atoms with van der Waals surface area (Å²) in [4.78, 5) is 4.20. The standard InChI is InChI=1S/C19H24N2O2/c1-13-9-15(10-14(2)18(13)22-3)11-21-17-6-8-23-19(17)16-5-4-7-20-12-16/h4-5,7,9-10,12,17,19,21H,6,8,11H2,1-3H3/t17-,19+/m0/s1. The van der Waals surface area contributed by atoms with E-state index in [0.29, 0.717) is 6.04 Å². The Hall–Kier alpha value is -1.91. The molecule has 23 heavy (non-hydrogen) atoms. The number of aryl methyl sites for hydroxylation is 2. The van der Waals surface area contributed by atoms with E-state index in [1.54, 1.807) is 13.3 Å². The van der Waals surface area contributed by atoms with Gasteiger partial charge in [0.15, 0.2) is 0 Å².